The minimum absolute atomic E-state index is 0.261. The minimum Gasteiger partial charge on any atom is -0.349 e. The van der Waals surface area contributed by atoms with Crippen LogP contribution in [0.1, 0.15) is 24.1 Å². The van der Waals surface area contributed by atoms with Gasteiger partial charge >= 0.3 is 0 Å². The second-order valence-electron chi connectivity index (χ2n) is 3.66. The van der Waals surface area contributed by atoms with Crippen LogP contribution in [0.2, 0.25) is 0 Å². The molecule has 2 rings (SSSR count). The molecule has 1 atom stereocenters. The van der Waals surface area contributed by atoms with Gasteiger partial charge in [-0.15, -0.1) is 0 Å². The van der Waals surface area contributed by atoms with E-state index < -0.39 is 0 Å². The van der Waals surface area contributed by atoms with Crippen LogP contribution < -0.4 is 5.32 Å². The van der Waals surface area contributed by atoms with Crippen molar-refractivity contribution in [2.24, 2.45) is 0 Å². The lowest BCUT2D eigenvalue weighted by Gasteiger charge is -2.15. The number of nitrogens with zero attached hydrogens (tertiary/aromatic N) is 1. The van der Waals surface area contributed by atoms with Gasteiger partial charge in [-0.05, 0) is 25.0 Å². The summed E-state index contributed by atoms with van der Waals surface area (Å²) < 4.78 is 0. The lowest BCUT2D eigenvalue weighted by Crippen LogP contribution is -2.08. The Labute approximate surface area is 89.6 Å². The number of nitrogens with one attached hydrogen (secondary N) is 2. The van der Waals surface area contributed by atoms with Gasteiger partial charge in [0.1, 0.15) is 0 Å². The fourth-order valence-corrected chi connectivity index (χ4v) is 1.70. The highest BCUT2D eigenvalue weighted by Gasteiger charge is 2.07. The molecule has 0 saturated heterocycles. The third kappa shape index (κ3) is 2.18. The molecule has 0 unspecified atom stereocenters. The Morgan fingerprint density at radius 3 is 2.80 bits per heavy atom. The number of benzene rings is 1. The number of H-pyrrole nitrogens is 1. The number of aromatic amines is 1. The van der Waals surface area contributed by atoms with Crippen LogP contribution in [-0.4, -0.2) is 9.97 Å². The summed E-state index contributed by atoms with van der Waals surface area (Å²) in [4.78, 5) is 7.18. The molecule has 3 heteroatoms. The molecule has 0 bridgehead atoms. The van der Waals surface area contributed by atoms with Crippen LogP contribution >= 0.6 is 0 Å². The van der Waals surface area contributed by atoms with E-state index in [1.54, 1.807) is 6.20 Å². The minimum atomic E-state index is 0.261. The Bertz CT molecular complexity index is 420. The van der Waals surface area contributed by atoms with E-state index in [1.807, 2.05) is 6.20 Å². The zero-order valence-corrected chi connectivity index (χ0v) is 8.99. The zero-order valence-electron chi connectivity index (χ0n) is 8.99. The van der Waals surface area contributed by atoms with Crippen LogP contribution in [0.4, 0.5) is 5.95 Å². The standard InChI is InChI=1S/C12H15N3/c1-9-5-3-4-6-11(9)10(2)15-12-13-7-8-14-12/h3-8,10H,1-2H3,(H2,13,14,15)/t10-/m1/s1. The van der Waals surface area contributed by atoms with Crippen molar-refractivity contribution < 1.29 is 0 Å². The SMILES string of the molecule is Cc1ccccc1[C@@H](C)Nc1ncc[nH]1. The first-order chi connectivity index (χ1) is 7.27. The summed E-state index contributed by atoms with van der Waals surface area (Å²) in [5.74, 6) is 0.811. The van der Waals surface area contributed by atoms with Crippen molar-refractivity contribution in [2.45, 2.75) is 19.9 Å². The molecule has 3 nitrogen and oxygen atoms in total. The maximum absolute atomic E-state index is 4.14. The number of hydrogen-bond donors (Lipinski definition) is 2. The van der Waals surface area contributed by atoms with Gasteiger partial charge in [0.25, 0.3) is 0 Å². The van der Waals surface area contributed by atoms with Crippen molar-refractivity contribution in [3.05, 3.63) is 47.8 Å². The molecule has 78 valence electrons. The van der Waals surface area contributed by atoms with E-state index in [4.69, 9.17) is 0 Å². The Balaban J connectivity index is 2.15. The van der Waals surface area contributed by atoms with Crippen LogP contribution in [0.3, 0.4) is 0 Å². The first kappa shape index (κ1) is 9.77. The number of rotatable bonds is 3. The lowest BCUT2D eigenvalue weighted by atomic mass is 10.0. The summed E-state index contributed by atoms with van der Waals surface area (Å²) in [5.41, 5.74) is 2.60. The fraction of sp³-hybridized carbons (Fsp3) is 0.250. The predicted molar refractivity (Wildman–Crippen MR) is 61.8 cm³/mol. The molecule has 0 radical (unpaired) electrons. The van der Waals surface area contributed by atoms with Gasteiger partial charge in [-0.25, -0.2) is 4.98 Å². The van der Waals surface area contributed by atoms with Crippen molar-refractivity contribution in [1.29, 1.82) is 0 Å². The summed E-state index contributed by atoms with van der Waals surface area (Å²) in [5, 5.41) is 3.31. The van der Waals surface area contributed by atoms with E-state index in [0.29, 0.717) is 0 Å². The summed E-state index contributed by atoms with van der Waals surface area (Å²) in [6, 6.07) is 8.63. The summed E-state index contributed by atoms with van der Waals surface area (Å²) in [6.07, 6.45) is 3.56. The quantitative estimate of drug-likeness (QED) is 0.801. The second kappa shape index (κ2) is 4.17. The van der Waals surface area contributed by atoms with Crippen molar-refractivity contribution in [3.8, 4) is 0 Å². The van der Waals surface area contributed by atoms with Gasteiger partial charge in [0.05, 0.1) is 6.04 Å². The fourth-order valence-electron chi connectivity index (χ4n) is 1.70. The van der Waals surface area contributed by atoms with Gasteiger partial charge < -0.3 is 10.3 Å². The largest absolute Gasteiger partial charge is 0.349 e. The summed E-state index contributed by atoms with van der Waals surface area (Å²) in [7, 11) is 0. The predicted octanol–water partition coefficient (Wildman–Crippen LogP) is 2.89. The number of imidazole rings is 1. The van der Waals surface area contributed by atoms with Gasteiger partial charge in [0, 0.05) is 12.4 Å². The van der Waals surface area contributed by atoms with Crippen LogP contribution in [0.5, 0.6) is 0 Å². The van der Waals surface area contributed by atoms with Crippen molar-refractivity contribution >= 4 is 5.95 Å². The highest BCUT2D eigenvalue weighted by atomic mass is 15.1. The molecular weight excluding hydrogens is 186 g/mol. The van der Waals surface area contributed by atoms with Crippen molar-refractivity contribution in [3.63, 3.8) is 0 Å². The molecule has 15 heavy (non-hydrogen) atoms. The second-order valence-corrected chi connectivity index (χ2v) is 3.66. The maximum Gasteiger partial charge on any atom is 0.200 e. The van der Waals surface area contributed by atoms with Gasteiger partial charge in [-0.3, -0.25) is 0 Å². The topological polar surface area (TPSA) is 40.7 Å². The number of hydrogen-bond acceptors (Lipinski definition) is 2. The molecule has 0 aliphatic carbocycles. The zero-order chi connectivity index (χ0) is 10.7. The molecular formula is C12H15N3. The third-order valence-electron chi connectivity index (χ3n) is 2.51. The highest BCUT2D eigenvalue weighted by molar-refractivity contribution is 5.35. The van der Waals surface area contributed by atoms with E-state index in [-0.39, 0.29) is 6.04 Å². The molecule has 2 N–H and O–H groups in total. The van der Waals surface area contributed by atoms with Gasteiger partial charge in [-0.2, -0.15) is 0 Å². The molecule has 0 spiro atoms. The van der Waals surface area contributed by atoms with E-state index in [0.717, 1.165) is 5.95 Å². The Morgan fingerprint density at radius 1 is 1.33 bits per heavy atom. The molecule has 1 heterocycles. The van der Waals surface area contributed by atoms with E-state index in [1.165, 1.54) is 11.1 Å². The molecule has 0 fully saturated rings. The molecule has 0 amide bonds. The van der Waals surface area contributed by atoms with E-state index in [9.17, 15) is 0 Å². The Hall–Kier alpha value is -1.77. The smallest absolute Gasteiger partial charge is 0.200 e. The summed E-state index contributed by atoms with van der Waals surface area (Å²) in [6.45, 7) is 4.25. The van der Waals surface area contributed by atoms with Crippen LogP contribution in [0.25, 0.3) is 0 Å². The van der Waals surface area contributed by atoms with Gasteiger partial charge in [0.2, 0.25) is 5.95 Å². The first-order valence-corrected chi connectivity index (χ1v) is 5.09. The summed E-state index contributed by atoms with van der Waals surface area (Å²) >= 11 is 0. The average molecular weight is 201 g/mol. The monoisotopic (exact) mass is 201 g/mol. The normalized spacial score (nSPS) is 12.4. The maximum atomic E-state index is 4.14. The van der Waals surface area contributed by atoms with Crippen molar-refractivity contribution in [2.75, 3.05) is 5.32 Å². The van der Waals surface area contributed by atoms with E-state index in [2.05, 4.69) is 53.4 Å². The van der Waals surface area contributed by atoms with Crippen molar-refractivity contribution in [1.82, 2.24) is 9.97 Å². The van der Waals surface area contributed by atoms with Crippen LogP contribution in [-0.2, 0) is 0 Å². The van der Waals surface area contributed by atoms with Crippen LogP contribution in [0, 0.1) is 6.92 Å². The first-order valence-electron chi connectivity index (χ1n) is 5.09. The number of aryl methyl sites for hydroxylation is 1. The molecule has 1 aromatic heterocycles. The third-order valence-corrected chi connectivity index (χ3v) is 2.51. The van der Waals surface area contributed by atoms with E-state index >= 15 is 0 Å². The molecule has 0 aliphatic heterocycles. The molecule has 0 saturated carbocycles. The number of anilines is 1. The Morgan fingerprint density at radius 2 is 2.13 bits per heavy atom. The van der Waals surface area contributed by atoms with Gasteiger partial charge in [-0.1, -0.05) is 24.3 Å². The lowest BCUT2D eigenvalue weighted by molar-refractivity contribution is 0.858. The molecule has 0 aliphatic rings. The average Bonchev–Trinajstić information content (AvgIpc) is 2.71. The molecule has 2 aromatic rings. The number of aromatic nitrogens is 2. The van der Waals surface area contributed by atoms with Crippen LogP contribution in [0.15, 0.2) is 36.7 Å². The van der Waals surface area contributed by atoms with Gasteiger partial charge in [0.15, 0.2) is 0 Å². The Kier molecular flexibility index (Phi) is 2.72. The highest BCUT2D eigenvalue weighted by Crippen LogP contribution is 2.19. The molecule has 1 aromatic carbocycles.